The lowest BCUT2D eigenvalue weighted by Crippen LogP contribution is -2.16. The molecular weight excluding hydrogens is 239 g/mol. The summed E-state index contributed by atoms with van der Waals surface area (Å²) in [6.45, 7) is 0. The van der Waals surface area contributed by atoms with Crippen molar-refractivity contribution in [1.29, 1.82) is 0 Å². The molecule has 0 aliphatic rings. The first-order chi connectivity index (χ1) is 6.79. The lowest BCUT2D eigenvalue weighted by molar-refractivity contribution is 0.606. The van der Waals surface area contributed by atoms with Gasteiger partial charge in [-0.25, -0.2) is 12.8 Å². The third-order valence-corrected chi connectivity index (χ3v) is 2.35. The van der Waals surface area contributed by atoms with Gasteiger partial charge >= 0.3 is 0 Å². The smallest absolute Gasteiger partial charge is 0.229 e. The van der Waals surface area contributed by atoms with E-state index in [-0.39, 0.29) is 16.2 Å². The minimum atomic E-state index is -3.43. The van der Waals surface area contributed by atoms with E-state index in [4.69, 9.17) is 5.73 Å². The van der Waals surface area contributed by atoms with Gasteiger partial charge in [0.25, 0.3) is 0 Å². The average Bonchev–Trinajstić information content (AvgIpc) is 2.05. The van der Waals surface area contributed by atoms with Crippen LogP contribution >= 0.6 is 12.2 Å². The van der Waals surface area contributed by atoms with Crippen molar-refractivity contribution in [3.63, 3.8) is 0 Å². The van der Waals surface area contributed by atoms with Gasteiger partial charge in [0.05, 0.1) is 11.9 Å². The van der Waals surface area contributed by atoms with E-state index < -0.39 is 15.8 Å². The summed E-state index contributed by atoms with van der Waals surface area (Å²) in [5.74, 6) is -0.531. The highest BCUT2D eigenvalue weighted by molar-refractivity contribution is 7.92. The fraction of sp³-hybridized carbons (Fsp3) is 0.125. The molecule has 0 amide bonds. The van der Waals surface area contributed by atoms with Gasteiger partial charge in [-0.3, -0.25) is 4.72 Å². The van der Waals surface area contributed by atoms with Crippen molar-refractivity contribution in [3.05, 3.63) is 29.6 Å². The van der Waals surface area contributed by atoms with Crippen LogP contribution in [0.25, 0.3) is 0 Å². The van der Waals surface area contributed by atoms with E-state index >= 15 is 0 Å². The summed E-state index contributed by atoms with van der Waals surface area (Å²) in [6.07, 6.45) is 0.986. The van der Waals surface area contributed by atoms with Crippen LogP contribution in [0.15, 0.2) is 18.2 Å². The first-order valence-corrected chi connectivity index (χ1v) is 6.17. The van der Waals surface area contributed by atoms with Crippen LogP contribution in [0.2, 0.25) is 0 Å². The molecule has 4 nitrogen and oxygen atoms in total. The Bertz CT molecular complexity index is 499. The summed E-state index contributed by atoms with van der Waals surface area (Å²) >= 11 is 4.67. The molecule has 0 aliphatic carbocycles. The number of sulfonamides is 1. The van der Waals surface area contributed by atoms with Crippen LogP contribution < -0.4 is 10.5 Å². The van der Waals surface area contributed by atoms with Gasteiger partial charge in [-0.05, 0) is 18.2 Å². The Kier molecular flexibility index (Phi) is 3.25. The van der Waals surface area contributed by atoms with Crippen LogP contribution in [0, 0.1) is 5.82 Å². The third-order valence-electron chi connectivity index (χ3n) is 1.54. The minimum Gasteiger partial charge on any atom is -0.389 e. The maximum atomic E-state index is 12.8. The highest BCUT2D eigenvalue weighted by atomic mass is 32.2. The van der Waals surface area contributed by atoms with Crippen LogP contribution in [0.4, 0.5) is 10.1 Å². The molecule has 0 heterocycles. The van der Waals surface area contributed by atoms with Crippen molar-refractivity contribution in [2.75, 3.05) is 11.0 Å². The van der Waals surface area contributed by atoms with Gasteiger partial charge in [0, 0.05) is 5.56 Å². The van der Waals surface area contributed by atoms with Crippen LogP contribution in [0.1, 0.15) is 5.56 Å². The number of hydrogen-bond donors (Lipinski definition) is 2. The summed E-state index contributed by atoms with van der Waals surface area (Å²) < 4.78 is 37.0. The Balaban J connectivity index is 3.24. The molecule has 3 N–H and O–H groups in total. The van der Waals surface area contributed by atoms with Crippen molar-refractivity contribution in [2.45, 2.75) is 0 Å². The first kappa shape index (κ1) is 11.9. The van der Waals surface area contributed by atoms with E-state index in [1.54, 1.807) is 0 Å². The number of nitrogens with two attached hydrogens (primary N) is 1. The molecule has 0 saturated heterocycles. The van der Waals surface area contributed by atoms with Gasteiger partial charge in [0.1, 0.15) is 10.8 Å². The molecule has 0 bridgehead atoms. The van der Waals surface area contributed by atoms with Crippen molar-refractivity contribution in [2.24, 2.45) is 5.73 Å². The number of anilines is 1. The lowest BCUT2D eigenvalue weighted by atomic mass is 10.2. The van der Waals surface area contributed by atoms with Gasteiger partial charge in [0.2, 0.25) is 10.0 Å². The van der Waals surface area contributed by atoms with Gasteiger partial charge in [0.15, 0.2) is 0 Å². The molecule has 0 saturated carbocycles. The molecule has 0 aromatic heterocycles. The number of rotatable bonds is 3. The van der Waals surface area contributed by atoms with Crippen molar-refractivity contribution >= 4 is 32.9 Å². The maximum Gasteiger partial charge on any atom is 0.229 e. The van der Waals surface area contributed by atoms with E-state index in [2.05, 4.69) is 16.9 Å². The maximum absolute atomic E-state index is 12.8. The van der Waals surface area contributed by atoms with Crippen LogP contribution in [-0.4, -0.2) is 19.7 Å². The monoisotopic (exact) mass is 248 g/mol. The van der Waals surface area contributed by atoms with Crippen LogP contribution in [0.3, 0.4) is 0 Å². The van der Waals surface area contributed by atoms with E-state index in [9.17, 15) is 12.8 Å². The summed E-state index contributed by atoms with van der Waals surface area (Å²) in [6, 6.07) is 3.47. The van der Waals surface area contributed by atoms with E-state index in [1.165, 1.54) is 6.07 Å². The quantitative estimate of drug-likeness (QED) is 0.777. The van der Waals surface area contributed by atoms with Gasteiger partial charge in [-0.15, -0.1) is 0 Å². The molecule has 15 heavy (non-hydrogen) atoms. The second-order valence-corrected chi connectivity index (χ2v) is 5.12. The van der Waals surface area contributed by atoms with Crippen molar-refractivity contribution < 1.29 is 12.8 Å². The summed E-state index contributed by atoms with van der Waals surface area (Å²) in [5, 5.41) is 0. The number of halogens is 1. The molecule has 1 aromatic carbocycles. The van der Waals surface area contributed by atoms with Crippen molar-refractivity contribution in [3.8, 4) is 0 Å². The highest BCUT2D eigenvalue weighted by Gasteiger charge is 2.10. The summed E-state index contributed by atoms with van der Waals surface area (Å²) in [4.78, 5) is -0.0688. The predicted molar refractivity (Wildman–Crippen MR) is 60.8 cm³/mol. The highest BCUT2D eigenvalue weighted by Crippen LogP contribution is 2.17. The number of thiocarbonyl (C=S) groups is 1. The van der Waals surface area contributed by atoms with Gasteiger partial charge in [-0.2, -0.15) is 0 Å². The Hall–Kier alpha value is -1.21. The van der Waals surface area contributed by atoms with Gasteiger partial charge in [-0.1, -0.05) is 12.2 Å². The molecule has 0 spiro atoms. The molecule has 0 unspecified atom stereocenters. The summed E-state index contributed by atoms with van der Waals surface area (Å²) in [5.41, 5.74) is 5.67. The Morgan fingerprint density at radius 2 is 2.13 bits per heavy atom. The Labute approximate surface area is 92.3 Å². The number of benzene rings is 1. The zero-order chi connectivity index (χ0) is 11.6. The zero-order valence-corrected chi connectivity index (χ0v) is 9.45. The molecule has 0 atom stereocenters. The zero-order valence-electron chi connectivity index (χ0n) is 7.82. The predicted octanol–water partition coefficient (Wildman–Crippen LogP) is 0.831. The van der Waals surface area contributed by atoms with Crippen LogP contribution in [-0.2, 0) is 10.0 Å². The minimum absolute atomic E-state index is 0.0688. The standard InChI is InChI=1S/C8H9FN2O2S2/c1-15(12,13)11-7-3-2-5(9)4-6(7)8(10)14/h2-4,11H,1H3,(H2,10,14). The SMILES string of the molecule is CS(=O)(=O)Nc1ccc(F)cc1C(N)=S. The Morgan fingerprint density at radius 1 is 1.53 bits per heavy atom. The third kappa shape index (κ3) is 3.45. The van der Waals surface area contributed by atoms with E-state index in [0.717, 1.165) is 18.4 Å². The second kappa shape index (κ2) is 4.11. The molecule has 1 rings (SSSR count). The van der Waals surface area contributed by atoms with E-state index in [1.807, 2.05) is 0 Å². The Morgan fingerprint density at radius 3 is 2.60 bits per heavy atom. The molecule has 7 heteroatoms. The average molecular weight is 248 g/mol. The number of hydrogen-bond acceptors (Lipinski definition) is 3. The second-order valence-electron chi connectivity index (χ2n) is 2.93. The normalized spacial score (nSPS) is 11.1. The van der Waals surface area contributed by atoms with Gasteiger partial charge < -0.3 is 5.73 Å². The summed E-state index contributed by atoms with van der Waals surface area (Å²) in [7, 11) is -3.43. The fourth-order valence-electron chi connectivity index (χ4n) is 1.01. The lowest BCUT2D eigenvalue weighted by Gasteiger charge is -2.09. The van der Waals surface area contributed by atoms with Crippen molar-refractivity contribution in [1.82, 2.24) is 0 Å². The fourth-order valence-corrected chi connectivity index (χ4v) is 1.76. The first-order valence-electron chi connectivity index (χ1n) is 3.87. The van der Waals surface area contributed by atoms with E-state index in [0.29, 0.717) is 0 Å². The van der Waals surface area contributed by atoms with Crippen LogP contribution in [0.5, 0.6) is 0 Å². The molecule has 0 radical (unpaired) electrons. The number of nitrogens with one attached hydrogen (secondary N) is 1. The molecular formula is C8H9FN2O2S2. The molecule has 82 valence electrons. The largest absolute Gasteiger partial charge is 0.389 e. The topological polar surface area (TPSA) is 72.2 Å². The molecule has 0 fully saturated rings. The molecule has 0 aliphatic heterocycles. The molecule has 1 aromatic rings.